The van der Waals surface area contributed by atoms with Crippen LogP contribution in [0, 0.1) is 0 Å². The molecule has 0 saturated carbocycles. The van der Waals surface area contributed by atoms with Gasteiger partial charge in [-0.1, -0.05) is 146 Å². The molecule has 0 aliphatic rings. The molecule has 9 aromatic carbocycles. The molecule has 0 atom stereocenters. The molecule has 56 heavy (non-hydrogen) atoms. The Morgan fingerprint density at radius 3 is 1.79 bits per heavy atom. The first-order valence-electron chi connectivity index (χ1n) is 18.9. The molecule has 12 rings (SSSR count). The first-order chi connectivity index (χ1) is 27.7. The summed E-state index contributed by atoms with van der Waals surface area (Å²) in [6, 6.07) is 65.1. The summed E-state index contributed by atoms with van der Waals surface area (Å²) < 4.78 is 9.09. The molecule has 0 unspecified atom stereocenters. The van der Waals surface area contributed by atoms with Crippen molar-refractivity contribution in [2.45, 2.75) is 0 Å². The number of nitrogens with zero attached hydrogens (tertiary/aromatic N) is 2. The molecule has 3 nitrogen and oxygen atoms in total. The second-order valence-electron chi connectivity index (χ2n) is 14.5. The molecule has 0 radical (unpaired) electrons. The predicted octanol–water partition coefficient (Wildman–Crippen LogP) is 14.9. The lowest BCUT2D eigenvalue weighted by molar-refractivity contribution is 0.667. The lowest BCUT2D eigenvalue weighted by atomic mass is 9.87. The van der Waals surface area contributed by atoms with Gasteiger partial charge in [0.1, 0.15) is 16.8 Å². The fourth-order valence-corrected chi connectivity index (χ4v) is 9.80. The van der Waals surface area contributed by atoms with E-state index < -0.39 is 0 Å². The number of para-hydroxylation sites is 1. The molecule has 12 aromatic rings. The quantitative estimate of drug-likeness (QED) is 0.169. The molecule has 0 N–H and O–H groups in total. The van der Waals surface area contributed by atoms with Gasteiger partial charge >= 0.3 is 0 Å². The van der Waals surface area contributed by atoms with E-state index in [-0.39, 0.29) is 0 Å². The number of furan rings is 1. The Balaban J connectivity index is 1.11. The van der Waals surface area contributed by atoms with Gasteiger partial charge < -0.3 is 4.42 Å². The number of thiophene rings is 1. The Labute approximate surface area is 325 Å². The first-order valence-corrected chi connectivity index (χ1v) is 19.7. The average Bonchev–Trinajstić information content (AvgIpc) is 3.84. The molecule has 0 amide bonds. The largest absolute Gasteiger partial charge is 0.452 e. The van der Waals surface area contributed by atoms with Crippen LogP contribution in [0.5, 0.6) is 0 Å². The highest BCUT2D eigenvalue weighted by Crippen LogP contribution is 2.44. The van der Waals surface area contributed by atoms with Gasteiger partial charge in [-0.2, -0.15) is 0 Å². The lowest BCUT2D eigenvalue weighted by Gasteiger charge is -2.17. The number of rotatable bonds is 4. The van der Waals surface area contributed by atoms with E-state index >= 15 is 0 Å². The van der Waals surface area contributed by atoms with Gasteiger partial charge in [0.15, 0.2) is 11.4 Å². The van der Waals surface area contributed by atoms with Gasteiger partial charge in [-0.25, -0.2) is 9.97 Å². The molecule has 0 bridgehead atoms. The fraction of sp³-hybridized carbons (Fsp3) is 0. The molecule has 260 valence electrons. The van der Waals surface area contributed by atoms with Crippen LogP contribution in [0.25, 0.3) is 119 Å². The van der Waals surface area contributed by atoms with E-state index in [9.17, 15) is 0 Å². The number of hydrogen-bond donors (Lipinski definition) is 0. The van der Waals surface area contributed by atoms with Crippen molar-refractivity contribution in [3.8, 4) is 44.9 Å². The maximum absolute atomic E-state index is 6.46. The standard InChI is InChI=1S/C52H30N2OS/c1-2-12-33(13-3-1)49-51-50(42-19-8-10-20-45(42)55-51)54-52(53-49)35-28-43(48-41-18-7-6-15-37(41)36-14-4-5-16-38(36)44(48)29-35)32-24-22-31(23-25-32)34-26-27-40-39-17-9-11-21-46(39)56-47(40)30-34/h1-30H. The molecule has 0 saturated heterocycles. The number of aromatic nitrogens is 2. The second kappa shape index (κ2) is 12.2. The van der Waals surface area contributed by atoms with Crippen LogP contribution in [0.4, 0.5) is 0 Å². The molecule has 0 spiro atoms. The van der Waals surface area contributed by atoms with E-state index in [0.717, 1.165) is 44.4 Å². The minimum Gasteiger partial charge on any atom is -0.452 e. The third-order valence-electron chi connectivity index (χ3n) is 11.3. The summed E-state index contributed by atoms with van der Waals surface area (Å²) in [5.41, 5.74) is 9.73. The molecule has 3 aromatic heterocycles. The second-order valence-corrected chi connectivity index (χ2v) is 15.5. The van der Waals surface area contributed by atoms with Crippen LogP contribution in [0.15, 0.2) is 186 Å². The smallest absolute Gasteiger partial charge is 0.180 e. The normalized spacial score (nSPS) is 11.9. The number of benzene rings is 9. The highest BCUT2D eigenvalue weighted by atomic mass is 32.1. The van der Waals surface area contributed by atoms with Crippen molar-refractivity contribution in [3.63, 3.8) is 0 Å². The van der Waals surface area contributed by atoms with Crippen LogP contribution >= 0.6 is 11.3 Å². The van der Waals surface area contributed by atoms with Crippen LogP contribution in [0.1, 0.15) is 0 Å². The summed E-state index contributed by atoms with van der Waals surface area (Å²) >= 11 is 1.86. The van der Waals surface area contributed by atoms with E-state index in [0.29, 0.717) is 11.4 Å². The zero-order chi connectivity index (χ0) is 36.7. The monoisotopic (exact) mass is 730 g/mol. The highest BCUT2D eigenvalue weighted by molar-refractivity contribution is 7.25. The zero-order valence-corrected chi connectivity index (χ0v) is 30.8. The van der Waals surface area contributed by atoms with Gasteiger partial charge in [-0.05, 0) is 91.0 Å². The van der Waals surface area contributed by atoms with Crippen molar-refractivity contribution in [2.75, 3.05) is 0 Å². The van der Waals surface area contributed by atoms with E-state index in [1.807, 2.05) is 47.7 Å². The van der Waals surface area contributed by atoms with Gasteiger partial charge in [0, 0.05) is 36.7 Å². The van der Waals surface area contributed by atoms with Crippen LogP contribution < -0.4 is 0 Å². The fourth-order valence-electron chi connectivity index (χ4n) is 8.65. The Morgan fingerprint density at radius 1 is 0.375 bits per heavy atom. The maximum Gasteiger partial charge on any atom is 0.180 e. The van der Waals surface area contributed by atoms with Crippen molar-refractivity contribution >= 4 is 85.9 Å². The van der Waals surface area contributed by atoms with Crippen molar-refractivity contribution < 1.29 is 4.42 Å². The number of fused-ring (bicyclic) bond motifs is 12. The zero-order valence-electron chi connectivity index (χ0n) is 30.0. The summed E-state index contributed by atoms with van der Waals surface area (Å²) in [5.74, 6) is 0.663. The Morgan fingerprint density at radius 2 is 0.982 bits per heavy atom. The molecular formula is C52H30N2OS. The summed E-state index contributed by atoms with van der Waals surface area (Å²) in [4.78, 5) is 10.6. The number of hydrogen-bond acceptors (Lipinski definition) is 4. The molecule has 0 aliphatic carbocycles. The van der Waals surface area contributed by atoms with Gasteiger partial charge in [0.05, 0.1) is 0 Å². The van der Waals surface area contributed by atoms with Crippen molar-refractivity contribution in [2.24, 2.45) is 0 Å². The molecule has 0 aliphatic heterocycles. The van der Waals surface area contributed by atoms with Crippen molar-refractivity contribution in [1.29, 1.82) is 0 Å². The third-order valence-corrected chi connectivity index (χ3v) is 12.4. The first kappa shape index (κ1) is 31.2. The molecule has 3 heterocycles. The molecule has 0 fully saturated rings. The van der Waals surface area contributed by atoms with Crippen molar-refractivity contribution in [3.05, 3.63) is 182 Å². The highest BCUT2D eigenvalue weighted by Gasteiger charge is 2.21. The van der Waals surface area contributed by atoms with Crippen LogP contribution in [-0.2, 0) is 0 Å². The van der Waals surface area contributed by atoms with E-state index in [4.69, 9.17) is 14.4 Å². The van der Waals surface area contributed by atoms with Gasteiger partial charge in [0.25, 0.3) is 0 Å². The SMILES string of the molecule is c1ccc(-c2nc(-c3cc(-c4ccc(-c5ccc6c(c5)sc5ccccc56)cc4)c4c5ccccc5c5ccccc5c4c3)nc3c2oc2ccccc23)cc1. The summed E-state index contributed by atoms with van der Waals surface area (Å²) in [6.45, 7) is 0. The summed E-state index contributed by atoms with van der Waals surface area (Å²) in [5, 5.41) is 10.9. The Hall–Kier alpha value is -7.14. The summed E-state index contributed by atoms with van der Waals surface area (Å²) in [7, 11) is 0. The molecular weight excluding hydrogens is 701 g/mol. The Bertz CT molecular complexity index is 3530. The minimum atomic E-state index is 0.663. The van der Waals surface area contributed by atoms with Crippen LogP contribution in [0.3, 0.4) is 0 Å². The maximum atomic E-state index is 6.46. The minimum absolute atomic E-state index is 0.663. The third kappa shape index (κ3) is 4.76. The van der Waals surface area contributed by atoms with E-state index in [1.54, 1.807) is 0 Å². The van der Waals surface area contributed by atoms with Gasteiger partial charge in [-0.3, -0.25) is 0 Å². The van der Waals surface area contributed by atoms with Crippen LogP contribution in [0.2, 0.25) is 0 Å². The predicted molar refractivity (Wildman–Crippen MR) is 236 cm³/mol. The topological polar surface area (TPSA) is 38.9 Å². The van der Waals surface area contributed by atoms with Crippen molar-refractivity contribution in [1.82, 2.24) is 9.97 Å². The van der Waals surface area contributed by atoms with Gasteiger partial charge in [-0.15, -0.1) is 11.3 Å². The Kier molecular flexibility index (Phi) is 6.80. The van der Waals surface area contributed by atoms with E-state index in [1.165, 1.54) is 63.6 Å². The average molecular weight is 731 g/mol. The lowest BCUT2D eigenvalue weighted by Crippen LogP contribution is -1.95. The van der Waals surface area contributed by atoms with E-state index in [2.05, 4.69) is 146 Å². The molecule has 4 heteroatoms. The van der Waals surface area contributed by atoms with Gasteiger partial charge in [0.2, 0.25) is 0 Å². The van der Waals surface area contributed by atoms with Crippen LogP contribution in [-0.4, -0.2) is 9.97 Å². The summed E-state index contributed by atoms with van der Waals surface area (Å²) in [6.07, 6.45) is 0.